The van der Waals surface area contributed by atoms with Crippen LogP contribution in [0.4, 0.5) is 13.2 Å². The van der Waals surface area contributed by atoms with E-state index in [4.69, 9.17) is 13.1 Å². The minimum Gasteiger partial charge on any atom is -0.482 e. The van der Waals surface area contributed by atoms with E-state index in [2.05, 4.69) is 0 Å². The number of alkyl halides is 3. The van der Waals surface area contributed by atoms with Crippen LogP contribution in [0.3, 0.4) is 0 Å². The van der Waals surface area contributed by atoms with E-state index < -0.39 is 44.1 Å². The predicted octanol–water partition coefficient (Wildman–Crippen LogP) is 6.47. The summed E-state index contributed by atoms with van der Waals surface area (Å²) in [6.45, 7) is 4.63. The number of carbonyl (C=O) groups is 1. The lowest BCUT2D eigenvalue weighted by Crippen LogP contribution is -2.28. The fourth-order valence-electron chi connectivity index (χ4n) is 3.18. The summed E-state index contributed by atoms with van der Waals surface area (Å²) in [6, 6.07) is 21.4. The third kappa shape index (κ3) is 6.40. The molecule has 0 atom stereocenters. The summed E-state index contributed by atoms with van der Waals surface area (Å²) in [5.74, 6) is -0.524. The molecule has 0 saturated heterocycles. The van der Waals surface area contributed by atoms with Gasteiger partial charge in [0.15, 0.2) is 6.61 Å². The maximum Gasteiger partial charge on any atom is 0.524 e. The highest BCUT2D eigenvalue weighted by Gasteiger charge is 2.52. The molecule has 11 heteroatoms. The van der Waals surface area contributed by atoms with Gasteiger partial charge in [0.25, 0.3) is 0 Å². The van der Waals surface area contributed by atoms with E-state index in [1.54, 1.807) is 57.2 Å². The molecule has 0 bridgehead atoms. The molecule has 0 aromatic heterocycles. The Balaban J connectivity index is 2.17. The summed E-state index contributed by atoms with van der Waals surface area (Å²) in [5, 5.41) is 0. The molecule has 194 valence electrons. The maximum atomic E-state index is 13.6. The van der Waals surface area contributed by atoms with Crippen molar-refractivity contribution < 1.29 is 39.5 Å². The average molecular weight is 543 g/mol. The molecule has 3 rings (SSSR count). The zero-order valence-corrected chi connectivity index (χ0v) is 21.3. The molecule has 0 heterocycles. The topological polar surface area (TPSA) is 78.9 Å². The molecule has 0 fully saturated rings. The minimum atomic E-state index is -6.04. The Morgan fingerprint density at radius 2 is 1.28 bits per heavy atom. The summed E-state index contributed by atoms with van der Waals surface area (Å²) in [7, 11) is -9.50. The van der Waals surface area contributed by atoms with E-state index in [0.29, 0.717) is 0 Å². The van der Waals surface area contributed by atoms with Gasteiger partial charge >= 0.3 is 21.6 Å². The number of carbonyl (C=O) groups excluding carboxylic acids is 1. The van der Waals surface area contributed by atoms with Crippen molar-refractivity contribution in [3.05, 3.63) is 84.9 Å². The second-order valence-corrected chi connectivity index (χ2v) is 12.9. The second kappa shape index (κ2) is 10.5. The zero-order valence-electron chi connectivity index (χ0n) is 19.7. The van der Waals surface area contributed by atoms with Gasteiger partial charge in [-0.15, -0.1) is 0 Å². The number of ether oxygens (including phenoxy) is 2. The van der Waals surface area contributed by atoms with E-state index in [0.717, 1.165) is 0 Å². The predicted molar refractivity (Wildman–Crippen MR) is 129 cm³/mol. The van der Waals surface area contributed by atoms with E-state index in [1.165, 1.54) is 48.5 Å². The van der Waals surface area contributed by atoms with Crippen molar-refractivity contribution in [2.45, 2.75) is 46.6 Å². The lowest BCUT2D eigenvalue weighted by molar-refractivity contribution is -0.157. The molecule has 0 unspecified atom stereocenters. The number of hydrogen-bond donors (Lipinski definition) is 0. The van der Waals surface area contributed by atoms with Gasteiger partial charge < -0.3 is 9.47 Å². The summed E-state index contributed by atoms with van der Waals surface area (Å²) in [5.41, 5.74) is -6.39. The van der Waals surface area contributed by atoms with Gasteiger partial charge in [-0.05, 0) is 73.5 Å². The van der Waals surface area contributed by atoms with E-state index in [-0.39, 0.29) is 20.4 Å². The first kappa shape index (κ1) is 27.6. The molecule has 0 amide bonds. The van der Waals surface area contributed by atoms with Crippen molar-refractivity contribution in [1.29, 1.82) is 0 Å². The van der Waals surface area contributed by atoms with Crippen molar-refractivity contribution >= 4 is 26.4 Å². The summed E-state index contributed by atoms with van der Waals surface area (Å²) < 4.78 is 81.4. The van der Waals surface area contributed by atoms with Gasteiger partial charge in [-0.2, -0.15) is 25.2 Å². The normalized spacial score (nSPS) is 13.2. The number of halogens is 3. The summed E-state index contributed by atoms with van der Waals surface area (Å²) in [4.78, 5) is 12.6. The van der Waals surface area contributed by atoms with Crippen molar-refractivity contribution in [3.8, 4) is 5.75 Å². The number of esters is 1. The lowest BCUT2D eigenvalue weighted by atomic mass is 10.2. The first-order chi connectivity index (χ1) is 16.7. The van der Waals surface area contributed by atoms with Crippen molar-refractivity contribution in [2.75, 3.05) is 6.61 Å². The SMILES string of the molecule is CC(C)(C)OC(=O)COc1cccc(S(OS(=O)(=O)C(F)(F)F)(c2ccccc2)c2ccccc2)c1. The largest absolute Gasteiger partial charge is 0.524 e. The van der Waals surface area contributed by atoms with Crippen LogP contribution in [0.2, 0.25) is 0 Å². The highest BCUT2D eigenvalue weighted by atomic mass is 32.3. The lowest BCUT2D eigenvalue weighted by Gasteiger charge is -2.39. The molecule has 0 spiro atoms. The third-order valence-corrected chi connectivity index (χ3v) is 9.43. The smallest absolute Gasteiger partial charge is 0.482 e. The van der Waals surface area contributed by atoms with Crippen LogP contribution in [0.15, 0.2) is 99.6 Å². The van der Waals surface area contributed by atoms with Crippen LogP contribution >= 0.6 is 10.3 Å². The van der Waals surface area contributed by atoms with Crippen LogP contribution in [-0.2, 0) is 23.3 Å². The van der Waals surface area contributed by atoms with Crippen LogP contribution < -0.4 is 4.74 Å². The Hall–Kier alpha value is -3.02. The number of rotatable bonds is 8. The number of hydrogen-bond acceptors (Lipinski definition) is 6. The fourth-order valence-corrected chi connectivity index (χ4v) is 7.96. The Kier molecular flexibility index (Phi) is 8.07. The molecule has 0 aliphatic rings. The first-order valence-corrected chi connectivity index (χ1v) is 13.6. The van der Waals surface area contributed by atoms with Gasteiger partial charge in [0.05, 0.1) is 0 Å². The van der Waals surface area contributed by atoms with E-state index in [1.807, 2.05) is 0 Å². The van der Waals surface area contributed by atoms with Gasteiger partial charge in [0.1, 0.15) is 11.4 Å². The van der Waals surface area contributed by atoms with Gasteiger partial charge in [-0.1, -0.05) is 42.5 Å². The van der Waals surface area contributed by atoms with Crippen LogP contribution in [0.1, 0.15) is 20.8 Å². The maximum absolute atomic E-state index is 13.6. The van der Waals surface area contributed by atoms with Gasteiger partial charge in [0, 0.05) is 14.7 Å². The number of benzene rings is 3. The molecule has 6 nitrogen and oxygen atoms in total. The highest BCUT2D eigenvalue weighted by Crippen LogP contribution is 2.70. The van der Waals surface area contributed by atoms with Crippen LogP contribution in [0.25, 0.3) is 0 Å². The quantitative estimate of drug-likeness (QED) is 0.240. The molecule has 36 heavy (non-hydrogen) atoms. The molecule has 0 N–H and O–H groups in total. The molecule has 3 aromatic rings. The molecule has 3 aromatic carbocycles. The molecule has 0 radical (unpaired) electrons. The standard InChI is InChI=1S/C25H25F3O6S2/c1-24(2,3)33-23(29)18-32-19-11-10-16-22(17-19)35(20-12-6-4-7-13-20,21-14-8-5-9-15-21)34-36(30,31)25(26,27)28/h4-17H,18H2,1-3H3. The van der Waals surface area contributed by atoms with Gasteiger partial charge in [-0.25, -0.2) is 4.79 Å². The first-order valence-electron chi connectivity index (χ1n) is 10.7. The fraction of sp³-hybridized carbons (Fsp3) is 0.240. The van der Waals surface area contributed by atoms with E-state index in [9.17, 15) is 26.4 Å². The Morgan fingerprint density at radius 3 is 1.75 bits per heavy atom. The summed E-state index contributed by atoms with van der Waals surface area (Å²) >= 11 is 0. The summed E-state index contributed by atoms with van der Waals surface area (Å²) in [6.07, 6.45) is 0. The molecule has 0 aliphatic heterocycles. The molecular formula is C25H25F3O6S2. The van der Waals surface area contributed by atoms with Crippen LogP contribution in [-0.4, -0.2) is 32.1 Å². The van der Waals surface area contributed by atoms with E-state index >= 15 is 0 Å². The Bertz CT molecular complexity index is 1250. The van der Waals surface area contributed by atoms with Gasteiger partial charge in [0.2, 0.25) is 0 Å². The Morgan fingerprint density at radius 1 is 0.778 bits per heavy atom. The molecule has 0 aliphatic carbocycles. The average Bonchev–Trinajstić information content (AvgIpc) is 2.81. The molecular weight excluding hydrogens is 517 g/mol. The second-order valence-electron chi connectivity index (χ2n) is 8.50. The van der Waals surface area contributed by atoms with Crippen molar-refractivity contribution in [3.63, 3.8) is 0 Å². The van der Waals surface area contributed by atoms with Crippen LogP contribution in [0, 0.1) is 0 Å². The highest BCUT2D eigenvalue weighted by molar-refractivity contribution is 8.33. The Labute approximate surface area is 209 Å². The minimum absolute atomic E-state index is 0.120. The zero-order chi connectivity index (χ0) is 26.6. The third-order valence-electron chi connectivity index (χ3n) is 4.54. The van der Waals surface area contributed by atoms with Crippen LogP contribution in [0.5, 0.6) is 5.75 Å². The van der Waals surface area contributed by atoms with Crippen molar-refractivity contribution in [2.24, 2.45) is 0 Å². The monoisotopic (exact) mass is 542 g/mol. The van der Waals surface area contributed by atoms with Crippen molar-refractivity contribution in [1.82, 2.24) is 0 Å². The molecule has 0 saturated carbocycles. The van der Waals surface area contributed by atoms with Gasteiger partial charge in [-0.3, -0.25) is 0 Å².